The van der Waals surface area contributed by atoms with Crippen LogP contribution in [-0.2, 0) is 10.2 Å². The molecular formula is C24H20N2O2. The summed E-state index contributed by atoms with van der Waals surface area (Å²) >= 11 is 0. The molecule has 5 rings (SSSR count). The Hall–Kier alpha value is -3.40. The fourth-order valence-corrected chi connectivity index (χ4v) is 4.80. The smallest absolute Gasteiger partial charge is 0.322 e. The lowest BCUT2D eigenvalue weighted by molar-refractivity contribution is -0.120. The zero-order valence-electron chi connectivity index (χ0n) is 15.3. The molecule has 1 aliphatic carbocycles. The highest BCUT2D eigenvalue weighted by atomic mass is 16.2. The van der Waals surface area contributed by atoms with Crippen LogP contribution in [0.2, 0.25) is 0 Å². The van der Waals surface area contributed by atoms with Crippen LogP contribution in [0.15, 0.2) is 78.9 Å². The number of nitrogens with one attached hydrogen (secondary N) is 2. The minimum Gasteiger partial charge on any atom is -0.326 e. The van der Waals surface area contributed by atoms with Gasteiger partial charge >= 0.3 is 6.03 Å². The van der Waals surface area contributed by atoms with Crippen molar-refractivity contribution in [2.45, 2.75) is 24.3 Å². The van der Waals surface area contributed by atoms with Crippen LogP contribution >= 0.6 is 0 Å². The summed E-state index contributed by atoms with van der Waals surface area (Å²) in [6.07, 6.45) is 1.29. The third-order valence-corrected chi connectivity index (χ3v) is 6.00. The number of fused-ring (bicyclic) bond motifs is 3. The highest BCUT2D eigenvalue weighted by Crippen LogP contribution is 2.54. The van der Waals surface area contributed by atoms with Gasteiger partial charge in [0.05, 0.1) is 0 Å². The summed E-state index contributed by atoms with van der Waals surface area (Å²) < 4.78 is 0. The van der Waals surface area contributed by atoms with E-state index in [1.807, 2.05) is 6.07 Å². The summed E-state index contributed by atoms with van der Waals surface area (Å²) in [6.45, 7) is 0. The summed E-state index contributed by atoms with van der Waals surface area (Å²) in [5.41, 5.74) is 5.85. The maximum atomic E-state index is 12.1. The van der Waals surface area contributed by atoms with Gasteiger partial charge in [-0.2, -0.15) is 0 Å². The molecule has 1 heterocycles. The van der Waals surface area contributed by atoms with Crippen molar-refractivity contribution in [3.63, 3.8) is 0 Å². The predicted molar refractivity (Wildman–Crippen MR) is 108 cm³/mol. The first-order chi connectivity index (χ1) is 13.7. The summed E-state index contributed by atoms with van der Waals surface area (Å²) in [5, 5.41) is 5.09. The number of carbonyl (C=O) groups excluding carboxylic acids is 2. The molecule has 1 unspecified atom stereocenters. The SMILES string of the molecule is O=C1NC(=O)C(CCC2(c3ccccc3)c3ccccc3-c3ccccc32)N1. The Labute approximate surface area is 163 Å². The molecule has 0 spiro atoms. The first-order valence-electron chi connectivity index (χ1n) is 9.56. The molecule has 3 aromatic rings. The molecule has 1 atom stereocenters. The Morgan fingerprint density at radius 1 is 0.750 bits per heavy atom. The second-order valence-corrected chi connectivity index (χ2v) is 7.42. The van der Waals surface area contributed by atoms with Gasteiger partial charge in [0.2, 0.25) is 0 Å². The maximum Gasteiger partial charge on any atom is 0.322 e. The first-order valence-corrected chi connectivity index (χ1v) is 9.56. The van der Waals surface area contributed by atoms with Gasteiger partial charge in [0.15, 0.2) is 0 Å². The van der Waals surface area contributed by atoms with E-state index < -0.39 is 12.1 Å². The quantitative estimate of drug-likeness (QED) is 0.684. The molecule has 138 valence electrons. The van der Waals surface area contributed by atoms with Gasteiger partial charge in [-0.25, -0.2) is 4.79 Å². The van der Waals surface area contributed by atoms with E-state index in [0.717, 1.165) is 6.42 Å². The first kappa shape index (κ1) is 16.8. The van der Waals surface area contributed by atoms with Crippen LogP contribution in [0.3, 0.4) is 0 Å². The average Bonchev–Trinajstić information content (AvgIpc) is 3.21. The van der Waals surface area contributed by atoms with Gasteiger partial charge in [-0.3, -0.25) is 10.1 Å². The Morgan fingerprint density at radius 2 is 1.32 bits per heavy atom. The molecule has 1 saturated heterocycles. The number of benzene rings is 3. The van der Waals surface area contributed by atoms with Crippen LogP contribution < -0.4 is 10.6 Å². The van der Waals surface area contributed by atoms with E-state index in [2.05, 4.69) is 83.4 Å². The van der Waals surface area contributed by atoms with Gasteiger partial charge in [-0.05, 0) is 40.7 Å². The van der Waals surface area contributed by atoms with E-state index in [9.17, 15) is 9.59 Å². The Balaban J connectivity index is 1.68. The molecule has 1 aliphatic heterocycles. The molecule has 4 heteroatoms. The lowest BCUT2D eigenvalue weighted by Crippen LogP contribution is -2.34. The van der Waals surface area contributed by atoms with E-state index in [0.29, 0.717) is 6.42 Å². The number of hydrogen-bond acceptors (Lipinski definition) is 2. The van der Waals surface area contributed by atoms with Crippen LogP contribution in [0.5, 0.6) is 0 Å². The average molecular weight is 368 g/mol. The highest BCUT2D eigenvalue weighted by molar-refractivity contribution is 6.04. The van der Waals surface area contributed by atoms with E-state index in [4.69, 9.17) is 0 Å². The second-order valence-electron chi connectivity index (χ2n) is 7.42. The Bertz CT molecular complexity index is 1030. The van der Waals surface area contributed by atoms with Crippen molar-refractivity contribution in [1.29, 1.82) is 0 Å². The van der Waals surface area contributed by atoms with Crippen LogP contribution in [0.1, 0.15) is 29.5 Å². The van der Waals surface area contributed by atoms with Crippen LogP contribution in [0.25, 0.3) is 11.1 Å². The van der Waals surface area contributed by atoms with Crippen molar-refractivity contribution in [1.82, 2.24) is 10.6 Å². The van der Waals surface area contributed by atoms with Gasteiger partial charge in [0.1, 0.15) is 6.04 Å². The van der Waals surface area contributed by atoms with Gasteiger partial charge < -0.3 is 5.32 Å². The normalized spacial score (nSPS) is 18.9. The van der Waals surface area contributed by atoms with Crippen molar-refractivity contribution in [3.05, 3.63) is 95.6 Å². The maximum absolute atomic E-state index is 12.1. The lowest BCUT2D eigenvalue weighted by Gasteiger charge is -2.33. The number of rotatable bonds is 4. The minimum absolute atomic E-state index is 0.243. The van der Waals surface area contributed by atoms with Crippen molar-refractivity contribution in [2.75, 3.05) is 0 Å². The molecule has 1 fully saturated rings. The van der Waals surface area contributed by atoms with Crippen LogP contribution in [-0.4, -0.2) is 18.0 Å². The molecule has 0 aromatic heterocycles. The summed E-state index contributed by atoms with van der Waals surface area (Å²) in [4.78, 5) is 23.7. The number of amides is 3. The largest absolute Gasteiger partial charge is 0.326 e. The summed E-state index contributed by atoms with van der Waals surface area (Å²) in [6, 6.07) is 26.6. The fourth-order valence-electron chi connectivity index (χ4n) is 4.80. The summed E-state index contributed by atoms with van der Waals surface area (Å²) in [7, 11) is 0. The van der Waals surface area contributed by atoms with E-state index in [1.54, 1.807) is 0 Å². The Kier molecular flexibility index (Phi) is 3.79. The van der Waals surface area contributed by atoms with Crippen molar-refractivity contribution in [3.8, 4) is 11.1 Å². The third-order valence-electron chi connectivity index (χ3n) is 6.00. The monoisotopic (exact) mass is 368 g/mol. The molecule has 28 heavy (non-hydrogen) atoms. The van der Waals surface area contributed by atoms with Gasteiger partial charge in [-0.1, -0.05) is 78.9 Å². The zero-order valence-corrected chi connectivity index (χ0v) is 15.3. The lowest BCUT2D eigenvalue weighted by atomic mass is 9.69. The fraction of sp³-hybridized carbons (Fsp3) is 0.167. The van der Waals surface area contributed by atoms with Crippen LogP contribution in [0, 0.1) is 0 Å². The van der Waals surface area contributed by atoms with E-state index in [-0.39, 0.29) is 11.3 Å². The number of urea groups is 1. The second kappa shape index (κ2) is 6.34. The molecule has 2 N–H and O–H groups in total. The van der Waals surface area contributed by atoms with Crippen molar-refractivity contribution < 1.29 is 9.59 Å². The van der Waals surface area contributed by atoms with Crippen LogP contribution in [0.4, 0.5) is 4.79 Å². The molecule has 3 aromatic carbocycles. The standard InChI is InChI=1S/C24H20N2O2/c27-22-21(25-23(28)26-22)14-15-24(16-8-2-1-3-9-16)19-12-6-4-10-17(19)18-11-5-7-13-20(18)24/h1-13,21H,14-15H2,(H2,25,26,27,28). The topological polar surface area (TPSA) is 58.2 Å². The molecule has 0 saturated carbocycles. The van der Waals surface area contributed by atoms with Gasteiger partial charge in [0, 0.05) is 5.41 Å². The number of imide groups is 1. The molecular weight excluding hydrogens is 348 g/mol. The third kappa shape index (κ3) is 2.38. The molecule has 4 nitrogen and oxygen atoms in total. The highest BCUT2D eigenvalue weighted by Gasteiger charge is 2.45. The van der Waals surface area contributed by atoms with Crippen molar-refractivity contribution in [2.24, 2.45) is 0 Å². The number of hydrogen-bond donors (Lipinski definition) is 2. The molecule has 2 aliphatic rings. The number of carbonyl (C=O) groups is 2. The molecule has 0 radical (unpaired) electrons. The minimum atomic E-state index is -0.493. The van der Waals surface area contributed by atoms with E-state index >= 15 is 0 Å². The Morgan fingerprint density at radius 3 is 1.89 bits per heavy atom. The van der Waals surface area contributed by atoms with Crippen molar-refractivity contribution >= 4 is 11.9 Å². The molecule has 0 bridgehead atoms. The zero-order chi connectivity index (χ0) is 19.1. The molecule has 3 amide bonds. The summed E-state index contributed by atoms with van der Waals surface area (Å²) in [5.74, 6) is -0.243. The van der Waals surface area contributed by atoms with Gasteiger partial charge in [0.25, 0.3) is 5.91 Å². The van der Waals surface area contributed by atoms with Gasteiger partial charge in [-0.15, -0.1) is 0 Å². The van der Waals surface area contributed by atoms with E-state index in [1.165, 1.54) is 27.8 Å². The predicted octanol–water partition coefficient (Wildman–Crippen LogP) is 3.99.